The molecule has 9 heteroatoms. The van der Waals surface area contributed by atoms with Crippen molar-refractivity contribution in [3.63, 3.8) is 0 Å². The van der Waals surface area contributed by atoms with Crippen LogP contribution in [0.4, 0.5) is 11.4 Å². The van der Waals surface area contributed by atoms with E-state index in [4.69, 9.17) is 12.2 Å². The van der Waals surface area contributed by atoms with E-state index in [-0.39, 0.29) is 15.9 Å². The van der Waals surface area contributed by atoms with Crippen LogP contribution in [0.1, 0.15) is 35.6 Å². The molecule has 1 aromatic heterocycles. The topological polar surface area (TPSA) is 78.5 Å². The molecule has 4 rings (SSSR count). The van der Waals surface area contributed by atoms with Gasteiger partial charge in [-0.3, -0.25) is 14.4 Å². The van der Waals surface area contributed by atoms with Gasteiger partial charge in [0.2, 0.25) is 5.91 Å². The number of para-hydroxylation sites is 1. The van der Waals surface area contributed by atoms with E-state index in [9.17, 15) is 13.2 Å². The number of benzene rings is 2. The Morgan fingerprint density at radius 2 is 1.82 bits per heavy atom. The molecule has 1 aliphatic carbocycles. The molecule has 2 N–H and O–H groups in total. The van der Waals surface area contributed by atoms with Crippen molar-refractivity contribution < 1.29 is 13.2 Å². The summed E-state index contributed by atoms with van der Waals surface area (Å²) >= 11 is 6.84. The second-order valence-electron chi connectivity index (χ2n) is 8.02. The fourth-order valence-electron chi connectivity index (χ4n) is 3.53. The number of sulfonamides is 1. The van der Waals surface area contributed by atoms with Gasteiger partial charge in [0.15, 0.2) is 5.11 Å². The third-order valence-electron chi connectivity index (χ3n) is 5.74. The van der Waals surface area contributed by atoms with Crippen LogP contribution in [-0.2, 0) is 14.8 Å². The number of anilines is 2. The van der Waals surface area contributed by atoms with Crippen LogP contribution in [0.5, 0.6) is 0 Å². The molecule has 0 atom stereocenters. The number of amides is 1. The zero-order valence-electron chi connectivity index (χ0n) is 18.6. The van der Waals surface area contributed by atoms with E-state index in [1.54, 1.807) is 53.8 Å². The smallest absolute Gasteiger partial charge is 0.264 e. The van der Waals surface area contributed by atoms with Gasteiger partial charge in [-0.15, -0.1) is 11.3 Å². The summed E-state index contributed by atoms with van der Waals surface area (Å²) in [6.45, 7) is 0. The predicted octanol–water partition coefficient (Wildman–Crippen LogP) is 5.37. The summed E-state index contributed by atoms with van der Waals surface area (Å²) in [4.78, 5) is 13.4. The standard InChI is InChI=1S/C25H25N3O3S3/c1-28(21-8-3-2-4-9-21)34(30,31)23-13-10-20(11-14-23)26-25(32)27-24(29)15-12-22-16-19(17-33-22)18-6-5-7-18/h2-4,8-18H,5-7H2,1H3,(H2,26,27,29,32)/b15-12+. The Morgan fingerprint density at radius 3 is 2.47 bits per heavy atom. The minimum Gasteiger partial charge on any atom is -0.332 e. The maximum absolute atomic E-state index is 12.9. The highest BCUT2D eigenvalue weighted by Crippen LogP contribution is 2.38. The van der Waals surface area contributed by atoms with E-state index in [1.165, 1.54) is 54.4 Å². The maximum Gasteiger partial charge on any atom is 0.264 e. The van der Waals surface area contributed by atoms with E-state index < -0.39 is 10.0 Å². The van der Waals surface area contributed by atoms with Crippen molar-refractivity contribution in [2.75, 3.05) is 16.7 Å². The number of carbonyl (C=O) groups excluding carboxylic acids is 1. The molecule has 1 saturated carbocycles. The van der Waals surface area contributed by atoms with Gasteiger partial charge in [0, 0.05) is 23.7 Å². The van der Waals surface area contributed by atoms with Gasteiger partial charge in [-0.05, 0) is 90.5 Å². The molecule has 0 bridgehead atoms. The van der Waals surface area contributed by atoms with Crippen LogP contribution in [0.3, 0.4) is 0 Å². The number of hydrogen-bond acceptors (Lipinski definition) is 5. The minimum atomic E-state index is -3.70. The fourth-order valence-corrected chi connectivity index (χ4v) is 5.83. The van der Waals surface area contributed by atoms with Crippen LogP contribution in [-0.4, -0.2) is 26.5 Å². The van der Waals surface area contributed by atoms with E-state index >= 15 is 0 Å². The Morgan fingerprint density at radius 1 is 1.12 bits per heavy atom. The molecule has 6 nitrogen and oxygen atoms in total. The van der Waals surface area contributed by atoms with E-state index in [2.05, 4.69) is 22.1 Å². The van der Waals surface area contributed by atoms with Crippen LogP contribution in [0.15, 0.2) is 77.0 Å². The second kappa shape index (κ2) is 10.5. The van der Waals surface area contributed by atoms with Gasteiger partial charge in [0.25, 0.3) is 10.0 Å². The summed E-state index contributed by atoms with van der Waals surface area (Å²) in [5.41, 5.74) is 2.50. The van der Waals surface area contributed by atoms with Crippen LogP contribution < -0.4 is 14.9 Å². The summed E-state index contributed by atoms with van der Waals surface area (Å²) in [7, 11) is -2.18. The number of carbonyl (C=O) groups is 1. The largest absolute Gasteiger partial charge is 0.332 e. The number of rotatable bonds is 7. The van der Waals surface area contributed by atoms with E-state index in [0.29, 0.717) is 17.3 Å². The highest BCUT2D eigenvalue weighted by atomic mass is 32.2. The van der Waals surface area contributed by atoms with Crippen molar-refractivity contribution in [3.05, 3.63) is 82.6 Å². The van der Waals surface area contributed by atoms with Gasteiger partial charge in [0.05, 0.1) is 10.6 Å². The first-order chi connectivity index (χ1) is 16.3. The Hall–Kier alpha value is -3.01. The van der Waals surface area contributed by atoms with E-state index in [0.717, 1.165) is 4.88 Å². The molecule has 176 valence electrons. The van der Waals surface area contributed by atoms with Gasteiger partial charge in [0.1, 0.15) is 0 Å². The first-order valence-corrected chi connectivity index (χ1v) is 13.6. The SMILES string of the molecule is CN(c1ccccc1)S(=O)(=O)c1ccc(NC(=S)NC(=O)/C=C/c2cc(C3CCC3)cs2)cc1. The van der Waals surface area contributed by atoms with Gasteiger partial charge >= 0.3 is 0 Å². The van der Waals surface area contributed by atoms with Crippen LogP contribution in [0.25, 0.3) is 6.08 Å². The normalized spacial score (nSPS) is 13.9. The summed E-state index contributed by atoms with van der Waals surface area (Å²) < 4.78 is 27.0. The molecule has 0 saturated heterocycles. The maximum atomic E-state index is 12.9. The molecule has 1 amide bonds. The average Bonchev–Trinajstić information content (AvgIpc) is 3.25. The lowest BCUT2D eigenvalue weighted by Gasteiger charge is -2.24. The van der Waals surface area contributed by atoms with Crippen LogP contribution in [0.2, 0.25) is 0 Å². The van der Waals surface area contributed by atoms with Crippen molar-refractivity contribution in [3.8, 4) is 0 Å². The van der Waals surface area contributed by atoms with Gasteiger partial charge < -0.3 is 5.32 Å². The molecule has 2 aromatic carbocycles. The molecule has 34 heavy (non-hydrogen) atoms. The van der Waals surface area contributed by atoms with Crippen molar-refractivity contribution in [1.82, 2.24) is 5.32 Å². The molecule has 1 fully saturated rings. The Bertz CT molecular complexity index is 1300. The highest BCUT2D eigenvalue weighted by Gasteiger charge is 2.21. The lowest BCUT2D eigenvalue weighted by atomic mass is 9.81. The van der Waals surface area contributed by atoms with Crippen molar-refractivity contribution in [2.24, 2.45) is 0 Å². The zero-order chi connectivity index (χ0) is 24.1. The quantitative estimate of drug-likeness (QED) is 0.330. The number of nitrogens with zero attached hydrogens (tertiary/aromatic N) is 1. The molecule has 0 radical (unpaired) electrons. The van der Waals surface area contributed by atoms with Crippen LogP contribution >= 0.6 is 23.6 Å². The number of thiocarbonyl (C=S) groups is 1. The second-order valence-corrected chi connectivity index (χ2v) is 11.3. The monoisotopic (exact) mass is 511 g/mol. The Kier molecular flexibility index (Phi) is 7.45. The van der Waals surface area contributed by atoms with Crippen molar-refractivity contribution in [1.29, 1.82) is 0 Å². The first-order valence-electron chi connectivity index (χ1n) is 10.9. The van der Waals surface area contributed by atoms with Crippen LogP contribution in [0, 0.1) is 0 Å². The van der Waals surface area contributed by atoms with Gasteiger partial charge in [-0.2, -0.15) is 0 Å². The molecule has 1 aliphatic rings. The molecular formula is C25H25N3O3S3. The summed E-state index contributed by atoms with van der Waals surface area (Å²) in [5, 5.41) is 7.81. The number of thiophene rings is 1. The molecule has 3 aromatic rings. The molecular weight excluding hydrogens is 486 g/mol. The molecule has 0 spiro atoms. The molecule has 0 aliphatic heterocycles. The lowest BCUT2D eigenvalue weighted by molar-refractivity contribution is -0.115. The first kappa shape index (κ1) is 24.1. The summed E-state index contributed by atoms with van der Waals surface area (Å²) in [6.07, 6.45) is 7.03. The van der Waals surface area contributed by atoms with Gasteiger partial charge in [-0.25, -0.2) is 8.42 Å². The Labute approximate surface area is 209 Å². The number of nitrogens with one attached hydrogen (secondary N) is 2. The van der Waals surface area contributed by atoms with Gasteiger partial charge in [-0.1, -0.05) is 24.6 Å². The summed E-state index contributed by atoms with van der Waals surface area (Å²) in [5.74, 6) is 0.337. The van der Waals surface area contributed by atoms with Crippen molar-refractivity contribution >= 4 is 62.0 Å². The minimum absolute atomic E-state index is 0.132. The summed E-state index contributed by atoms with van der Waals surface area (Å²) in [6, 6.07) is 17.2. The third kappa shape index (κ3) is 5.72. The third-order valence-corrected chi connectivity index (χ3v) is 8.66. The van der Waals surface area contributed by atoms with E-state index in [1.807, 2.05) is 6.07 Å². The van der Waals surface area contributed by atoms with Crippen molar-refractivity contribution in [2.45, 2.75) is 30.1 Å². The lowest BCUT2D eigenvalue weighted by Crippen LogP contribution is -2.32. The molecule has 0 unspecified atom stereocenters. The highest BCUT2D eigenvalue weighted by molar-refractivity contribution is 7.92. The Balaban J connectivity index is 1.31. The zero-order valence-corrected chi connectivity index (χ0v) is 21.1. The number of hydrogen-bond donors (Lipinski definition) is 2. The molecule has 1 heterocycles. The fraction of sp³-hybridized carbons (Fsp3) is 0.200. The average molecular weight is 512 g/mol. The predicted molar refractivity (Wildman–Crippen MR) is 143 cm³/mol.